The van der Waals surface area contributed by atoms with Gasteiger partial charge in [-0.25, -0.2) is 0 Å². The van der Waals surface area contributed by atoms with Crippen molar-refractivity contribution in [2.45, 2.75) is 12.5 Å². The fourth-order valence-electron chi connectivity index (χ4n) is 2.53. The summed E-state index contributed by atoms with van der Waals surface area (Å²) in [6, 6.07) is 5.48. The van der Waals surface area contributed by atoms with E-state index in [4.69, 9.17) is 16.3 Å². The third kappa shape index (κ3) is 2.72. The Balaban J connectivity index is 0.00000133. The minimum absolute atomic E-state index is 0. The van der Waals surface area contributed by atoms with Crippen LogP contribution in [-0.2, 0) is 16.0 Å². The number of nitrogens with zero attached hydrogens (tertiary/aromatic N) is 1. The van der Waals surface area contributed by atoms with Crippen molar-refractivity contribution in [3.05, 3.63) is 28.8 Å². The van der Waals surface area contributed by atoms with E-state index in [1.165, 1.54) is 0 Å². The standard InChI is InChI=1S/C13H15ClN2O2.ClH/c14-10-2-1-3-12-9(10)4-6-16(12)13(17)11-8-18-7-5-15-11;/h1-3,11,15H,4-8H2;1H. The van der Waals surface area contributed by atoms with Crippen molar-refractivity contribution in [3.63, 3.8) is 0 Å². The number of fused-ring (bicyclic) bond motifs is 1. The number of amides is 1. The zero-order valence-corrected chi connectivity index (χ0v) is 12.0. The highest BCUT2D eigenvalue weighted by Crippen LogP contribution is 2.33. The van der Waals surface area contributed by atoms with E-state index in [1.54, 1.807) is 0 Å². The molecule has 1 aromatic rings. The van der Waals surface area contributed by atoms with Crippen molar-refractivity contribution < 1.29 is 9.53 Å². The Morgan fingerprint density at radius 3 is 3.05 bits per heavy atom. The van der Waals surface area contributed by atoms with Crippen LogP contribution in [0, 0.1) is 0 Å². The summed E-state index contributed by atoms with van der Waals surface area (Å²) in [5.41, 5.74) is 2.02. The monoisotopic (exact) mass is 302 g/mol. The predicted molar refractivity (Wildman–Crippen MR) is 77.4 cm³/mol. The number of halogens is 2. The third-order valence-electron chi connectivity index (χ3n) is 3.46. The first-order valence-corrected chi connectivity index (χ1v) is 6.55. The molecule has 3 rings (SSSR count). The van der Waals surface area contributed by atoms with Crippen LogP contribution >= 0.6 is 24.0 Å². The maximum atomic E-state index is 12.4. The molecule has 0 spiro atoms. The van der Waals surface area contributed by atoms with E-state index in [2.05, 4.69) is 5.32 Å². The summed E-state index contributed by atoms with van der Waals surface area (Å²) < 4.78 is 5.34. The van der Waals surface area contributed by atoms with Crippen molar-refractivity contribution in [1.29, 1.82) is 0 Å². The van der Waals surface area contributed by atoms with E-state index < -0.39 is 0 Å². The Morgan fingerprint density at radius 1 is 1.47 bits per heavy atom. The lowest BCUT2D eigenvalue weighted by molar-refractivity contribution is -0.123. The Morgan fingerprint density at radius 2 is 2.32 bits per heavy atom. The van der Waals surface area contributed by atoms with Gasteiger partial charge >= 0.3 is 0 Å². The molecule has 0 bridgehead atoms. The van der Waals surface area contributed by atoms with Gasteiger partial charge in [-0.1, -0.05) is 17.7 Å². The third-order valence-corrected chi connectivity index (χ3v) is 3.81. The summed E-state index contributed by atoms with van der Waals surface area (Å²) in [5, 5.41) is 3.94. The average Bonchev–Trinajstić information content (AvgIpc) is 2.84. The molecular formula is C13H16Cl2N2O2. The van der Waals surface area contributed by atoms with Crippen LogP contribution in [0.15, 0.2) is 18.2 Å². The lowest BCUT2D eigenvalue weighted by Crippen LogP contribution is -2.52. The van der Waals surface area contributed by atoms with Crippen LogP contribution in [0.4, 0.5) is 5.69 Å². The maximum Gasteiger partial charge on any atom is 0.246 e. The van der Waals surface area contributed by atoms with Crippen molar-refractivity contribution in [1.82, 2.24) is 5.32 Å². The van der Waals surface area contributed by atoms with Gasteiger partial charge in [0.05, 0.1) is 13.2 Å². The van der Waals surface area contributed by atoms with Crippen molar-refractivity contribution >= 4 is 35.6 Å². The number of carbonyl (C=O) groups excluding carboxylic acids is 1. The van der Waals surface area contributed by atoms with Gasteiger partial charge < -0.3 is 15.0 Å². The van der Waals surface area contributed by atoms with E-state index in [-0.39, 0.29) is 24.4 Å². The number of anilines is 1. The SMILES string of the molecule is Cl.O=C(C1COCCN1)N1CCc2c(Cl)cccc21. The fourth-order valence-corrected chi connectivity index (χ4v) is 2.80. The predicted octanol–water partition coefficient (Wildman–Crippen LogP) is 1.64. The molecule has 0 radical (unpaired) electrons. The zero-order chi connectivity index (χ0) is 12.5. The van der Waals surface area contributed by atoms with E-state index in [9.17, 15) is 4.79 Å². The van der Waals surface area contributed by atoms with E-state index in [0.717, 1.165) is 29.2 Å². The second kappa shape index (κ2) is 6.09. The number of ether oxygens (including phenoxy) is 1. The maximum absolute atomic E-state index is 12.4. The molecule has 6 heteroatoms. The first-order valence-electron chi connectivity index (χ1n) is 6.17. The minimum Gasteiger partial charge on any atom is -0.378 e. The molecule has 2 heterocycles. The quantitative estimate of drug-likeness (QED) is 0.857. The minimum atomic E-state index is -0.233. The average molecular weight is 303 g/mol. The molecule has 0 aromatic heterocycles. The Bertz CT molecular complexity index is 476. The van der Waals surface area contributed by atoms with Gasteiger partial charge in [0, 0.05) is 23.8 Å². The van der Waals surface area contributed by atoms with Crippen LogP contribution in [0.5, 0.6) is 0 Å². The number of hydrogen-bond donors (Lipinski definition) is 1. The lowest BCUT2D eigenvalue weighted by atomic mass is 10.1. The van der Waals surface area contributed by atoms with Crippen LogP contribution in [0.2, 0.25) is 5.02 Å². The molecule has 1 N–H and O–H groups in total. The molecule has 19 heavy (non-hydrogen) atoms. The fraction of sp³-hybridized carbons (Fsp3) is 0.462. The van der Waals surface area contributed by atoms with Gasteiger partial charge in [0.1, 0.15) is 6.04 Å². The van der Waals surface area contributed by atoms with Gasteiger partial charge in [-0.05, 0) is 24.1 Å². The Labute approximate surface area is 123 Å². The molecule has 4 nitrogen and oxygen atoms in total. The van der Waals surface area contributed by atoms with Gasteiger partial charge in [-0.15, -0.1) is 12.4 Å². The number of hydrogen-bond acceptors (Lipinski definition) is 3. The molecule has 1 unspecified atom stereocenters. The summed E-state index contributed by atoms with van der Waals surface area (Å²) in [6.07, 6.45) is 0.828. The molecule has 0 aliphatic carbocycles. The highest BCUT2D eigenvalue weighted by molar-refractivity contribution is 6.32. The number of carbonyl (C=O) groups is 1. The van der Waals surface area contributed by atoms with E-state index in [0.29, 0.717) is 19.8 Å². The number of rotatable bonds is 1. The van der Waals surface area contributed by atoms with Crippen molar-refractivity contribution in [2.75, 3.05) is 31.2 Å². The Hall–Kier alpha value is -0.810. The second-order valence-corrected chi connectivity index (χ2v) is 4.97. The number of morpholine rings is 1. The van der Waals surface area contributed by atoms with Crippen LogP contribution in [0.25, 0.3) is 0 Å². The second-order valence-electron chi connectivity index (χ2n) is 4.56. The van der Waals surface area contributed by atoms with Crippen LogP contribution in [0.3, 0.4) is 0 Å². The van der Waals surface area contributed by atoms with E-state index >= 15 is 0 Å². The summed E-state index contributed by atoms with van der Waals surface area (Å²) in [7, 11) is 0. The van der Waals surface area contributed by atoms with Gasteiger partial charge in [-0.2, -0.15) is 0 Å². The zero-order valence-electron chi connectivity index (χ0n) is 10.4. The molecule has 104 valence electrons. The molecule has 1 atom stereocenters. The van der Waals surface area contributed by atoms with Crippen molar-refractivity contribution in [2.24, 2.45) is 0 Å². The van der Waals surface area contributed by atoms with Crippen LogP contribution < -0.4 is 10.2 Å². The molecule has 1 aromatic carbocycles. The summed E-state index contributed by atoms with van der Waals surface area (Å²) >= 11 is 6.15. The molecular weight excluding hydrogens is 287 g/mol. The highest BCUT2D eigenvalue weighted by Gasteiger charge is 2.31. The molecule has 1 saturated heterocycles. The Kier molecular flexibility index (Phi) is 4.68. The molecule has 1 amide bonds. The van der Waals surface area contributed by atoms with Gasteiger partial charge in [-0.3, -0.25) is 4.79 Å². The topological polar surface area (TPSA) is 41.6 Å². The lowest BCUT2D eigenvalue weighted by Gasteiger charge is -2.27. The molecule has 0 saturated carbocycles. The van der Waals surface area contributed by atoms with Gasteiger partial charge in [0.15, 0.2) is 0 Å². The first-order chi connectivity index (χ1) is 8.77. The molecule has 2 aliphatic rings. The summed E-state index contributed by atoms with van der Waals surface area (Å²) in [5.74, 6) is 0.0794. The van der Waals surface area contributed by atoms with Crippen LogP contribution in [-0.4, -0.2) is 38.3 Å². The number of benzene rings is 1. The van der Waals surface area contributed by atoms with E-state index in [1.807, 2.05) is 23.1 Å². The van der Waals surface area contributed by atoms with Crippen LogP contribution in [0.1, 0.15) is 5.56 Å². The molecule has 1 fully saturated rings. The smallest absolute Gasteiger partial charge is 0.246 e. The summed E-state index contributed by atoms with van der Waals surface area (Å²) in [4.78, 5) is 14.2. The normalized spacial score (nSPS) is 21.7. The van der Waals surface area contributed by atoms with Gasteiger partial charge in [0.2, 0.25) is 5.91 Å². The number of nitrogens with one attached hydrogen (secondary N) is 1. The van der Waals surface area contributed by atoms with Crippen molar-refractivity contribution in [3.8, 4) is 0 Å². The first kappa shape index (κ1) is 14.6. The summed E-state index contributed by atoms with van der Waals surface area (Å²) in [6.45, 7) is 2.56. The van der Waals surface area contributed by atoms with Gasteiger partial charge in [0.25, 0.3) is 0 Å². The molecule has 2 aliphatic heterocycles. The highest BCUT2D eigenvalue weighted by atomic mass is 35.5. The largest absolute Gasteiger partial charge is 0.378 e.